The van der Waals surface area contributed by atoms with Crippen LogP contribution in [-0.2, 0) is 4.79 Å². The van der Waals surface area contributed by atoms with Crippen LogP contribution < -0.4 is 5.32 Å². The van der Waals surface area contributed by atoms with Crippen molar-refractivity contribution in [2.75, 3.05) is 0 Å². The third-order valence-corrected chi connectivity index (χ3v) is 4.87. The number of hydrogen-bond donors (Lipinski definition) is 2. The third kappa shape index (κ3) is 3.48. The number of thiophene rings is 1. The van der Waals surface area contributed by atoms with E-state index in [-0.39, 0.29) is 0 Å². The number of halogens is 2. The molecule has 0 unspecified atom stereocenters. The number of hydrogen-bond acceptors (Lipinski definition) is 3. The van der Waals surface area contributed by atoms with Gasteiger partial charge in [0.15, 0.2) is 0 Å². The molecule has 1 heterocycles. The van der Waals surface area contributed by atoms with Crippen LogP contribution in [0.15, 0.2) is 18.2 Å². The molecule has 0 radical (unpaired) electrons. The van der Waals surface area contributed by atoms with Crippen molar-refractivity contribution >= 4 is 56.5 Å². The maximum atomic E-state index is 12.2. The van der Waals surface area contributed by atoms with Gasteiger partial charge in [0.05, 0.1) is 5.02 Å². The molecule has 1 atom stereocenters. The van der Waals surface area contributed by atoms with Crippen molar-refractivity contribution in [2.24, 2.45) is 0 Å². The number of carbonyl (C=O) groups is 2. The summed E-state index contributed by atoms with van der Waals surface area (Å²) in [6.07, 6.45) is 1.03. The first-order valence-electron chi connectivity index (χ1n) is 6.35. The smallest absolute Gasteiger partial charge is 0.326 e. The molecule has 1 aromatic heterocycles. The zero-order chi connectivity index (χ0) is 15.6. The Bertz CT molecular complexity index is 699. The van der Waals surface area contributed by atoms with Crippen LogP contribution in [0, 0.1) is 0 Å². The van der Waals surface area contributed by atoms with Crippen molar-refractivity contribution < 1.29 is 14.7 Å². The number of fused-ring (bicyclic) bond motifs is 1. The molecule has 4 nitrogen and oxygen atoms in total. The molecule has 2 rings (SSSR count). The number of rotatable bonds is 5. The molecule has 21 heavy (non-hydrogen) atoms. The number of carboxylic acids is 1. The Labute approximate surface area is 135 Å². The van der Waals surface area contributed by atoms with Gasteiger partial charge < -0.3 is 10.4 Å². The van der Waals surface area contributed by atoms with Crippen molar-refractivity contribution in [1.29, 1.82) is 0 Å². The summed E-state index contributed by atoms with van der Waals surface area (Å²) in [5, 5.41) is 13.2. The number of nitrogens with one attached hydrogen (secondary N) is 1. The predicted molar refractivity (Wildman–Crippen MR) is 85.6 cm³/mol. The molecule has 1 amide bonds. The largest absolute Gasteiger partial charge is 0.480 e. The second-order valence-electron chi connectivity index (χ2n) is 4.54. The maximum absolute atomic E-state index is 12.2. The number of carboxylic acid groups (broad SMARTS) is 1. The molecule has 1 aromatic carbocycles. The highest BCUT2D eigenvalue weighted by Gasteiger charge is 2.23. The van der Waals surface area contributed by atoms with E-state index in [1.165, 1.54) is 11.3 Å². The Hall–Kier alpha value is -1.30. The molecule has 7 heteroatoms. The van der Waals surface area contributed by atoms with Gasteiger partial charge in [-0.15, -0.1) is 11.3 Å². The second kappa shape index (κ2) is 6.64. The number of amides is 1. The van der Waals surface area contributed by atoms with Crippen LogP contribution in [0.5, 0.6) is 0 Å². The Morgan fingerprint density at radius 2 is 2.10 bits per heavy atom. The minimum atomic E-state index is -1.05. The Balaban J connectivity index is 2.30. The molecule has 112 valence electrons. The van der Waals surface area contributed by atoms with E-state index in [0.717, 1.165) is 10.1 Å². The molecule has 0 aliphatic carbocycles. The fraction of sp³-hybridized carbons (Fsp3) is 0.286. The van der Waals surface area contributed by atoms with Gasteiger partial charge in [0.25, 0.3) is 5.91 Å². The lowest BCUT2D eigenvalue weighted by Gasteiger charge is -2.12. The van der Waals surface area contributed by atoms with Crippen LogP contribution in [-0.4, -0.2) is 23.0 Å². The second-order valence-corrected chi connectivity index (χ2v) is 6.41. The molecule has 0 saturated heterocycles. The summed E-state index contributed by atoms with van der Waals surface area (Å²) in [5.41, 5.74) is 0. The summed E-state index contributed by atoms with van der Waals surface area (Å²) in [4.78, 5) is 23.6. The van der Waals surface area contributed by atoms with Crippen molar-refractivity contribution in [2.45, 2.75) is 25.8 Å². The van der Waals surface area contributed by atoms with Gasteiger partial charge >= 0.3 is 5.97 Å². The molecular formula is C14H13Cl2NO3S. The minimum Gasteiger partial charge on any atom is -0.480 e. The fourth-order valence-electron chi connectivity index (χ4n) is 1.95. The van der Waals surface area contributed by atoms with E-state index >= 15 is 0 Å². The lowest BCUT2D eigenvalue weighted by Crippen LogP contribution is -2.40. The van der Waals surface area contributed by atoms with Crippen molar-refractivity contribution in [3.63, 3.8) is 0 Å². The van der Waals surface area contributed by atoms with Gasteiger partial charge in [0.2, 0.25) is 0 Å². The lowest BCUT2D eigenvalue weighted by molar-refractivity contribution is -0.139. The zero-order valence-corrected chi connectivity index (χ0v) is 13.5. The van der Waals surface area contributed by atoms with Crippen LogP contribution in [0.25, 0.3) is 10.1 Å². The highest BCUT2D eigenvalue weighted by molar-refractivity contribution is 7.21. The monoisotopic (exact) mass is 345 g/mol. The molecule has 0 spiro atoms. The van der Waals surface area contributed by atoms with E-state index in [0.29, 0.717) is 27.8 Å². The normalized spacial score (nSPS) is 12.3. The standard InChI is InChI=1S/C14H13Cl2NO3S/c1-2-3-9(14(19)20)17-13(18)12-11(16)8-5-4-7(15)6-10(8)21-12/h4-6,9H,2-3H2,1H3,(H,17,18)(H,19,20)/t9-/m0/s1. The molecule has 0 aliphatic rings. The highest BCUT2D eigenvalue weighted by Crippen LogP contribution is 2.36. The quantitative estimate of drug-likeness (QED) is 0.853. The van der Waals surface area contributed by atoms with Gasteiger partial charge in [-0.25, -0.2) is 4.79 Å². The summed E-state index contributed by atoms with van der Waals surface area (Å²) < 4.78 is 0.792. The van der Waals surface area contributed by atoms with Crippen LogP contribution >= 0.6 is 34.5 Å². The van der Waals surface area contributed by atoms with Gasteiger partial charge in [0, 0.05) is 15.1 Å². The molecule has 0 fully saturated rings. The number of benzene rings is 1. The third-order valence-electron chi connectivity index (χ3n) is 2.98. The topological polar surface area (TPSA) is 66.4 Å². The first-order chi connectivity index (χ1) is 9.93. The van der Waals surface area contributed by atoms with Gasteiger partial charge in [-0.1, -0.05) is 42.6 Å². The van der Waals surface area contributed by atoms with Crippen LogP contribution in [0.3, 0.4) is 0 Å². The summed E-state index contributed by atoms with van der Waals surface area (Å²) in [5.74, 6) is -1.52. The van der Waals surface area contributed by atoms with Gasteiger partial charge in [0.1, 0.15) is 10.9 Å². The Morgan fingerprint density at radius 1 is 1.38 bits per heavy atom. The summed E-state index contributed by atoms with van der Waals surface area (Å²) in [6.45, 7) is 1.86. The molecule has 0 aliphatic heterocycles. The predicted octanol–water partition coefficient (Wildman–Crippen LogP) is 4.19. The SMILES string of the molecule is CCC[C@H](NC(=O)c1sc2cc(Cl)ccc2c1Cl)C(=O)O. The summed E-state index contributed by atoms with van der Waals surface area (Å²) in [6, 6.07) is 4.26. The molecule has 2 aromatic rings. The van der Waals surface area contributed by atoms with E-state index in [2.05, 4.69) is 5.32 Å². The van der Waals surface area contributed by atoms with E-state index in [1.54, 1.807) is 18.2 Å². The Morgan fingerprint density at radius 3 is 2.71 bits per heavy atom. The zero-order valence-electron chi connectivity index (χ0n) is 11.2. The van der Waals surface area contributed by atoms with Crippen molar-refractivity contribution in [1.82, 2.24) is 5.32 Å². The van der Waals surface area contributed by atoms with Crippen LogP contribution in [0.2, 0.25) is 10.0 Å². The highest BCUT2D eigenvalue weighted by atomic mass is 35.5. The number of aliphatic carboxylic acids is 1. The maximum Gasteiger partial charge on any atom is 0.326 e. The molecular weight excluding hydrogens is 333 g/mol. The minimum absolute atomic E-state index is 0.302. The van der Waals surface area contributed by atoms with E-state index < -0.39 is 17.9 Å². The van der Waals surface area contributed by atoms with Gasteiger partial charge in [-0.05, 0) is 18.6 Å². The van der Waals surface area contributed by atoms with E-state index in [1.807, 2.05) is 6.92 Å². The fourth-order valence-corrected chi connectivity index (χ4v) is 3.65. The molecule has 0 saturated carbocycles. The van der Waals surface area contributed by atoms with Gasteiger partial charge in [-0.2, -0.15) is 0 Å². The average Bonchev–Trinajstić information content (AvgIpc) is 2.74. The van der Waals surface area contributed by atoms with E-state index in [4.69, 9.17) is 28.3 Å². The average molecular weight is 346 g/mol. The number of carbonyl (C=O) groups excluding carboxylic acids is 1. The lowest BCUT2D eigenvalue weighted by atomic mass is 10.1. The molecule has 0 bridgehead atoms. The Kier molecular flexibility index (Phi) is 5.08. The van der Waals surface area contributed by atoms with E-state index in [9.17, 15) is 9.59 Å². The summed E-state index contributed by atoms with van der Waals surface area (Å²) in [7, 11) is 0. The van der Waals surface area contributed by atoms with Crippen molar-refractivity contribution in [3.8, 4) is 0 Å². The summed E-state index contributed by atoms with van der Waals surface area (Å²) >= 11 is 13.3. The van der Waals surface area contributed by atoms with Crippen LogP contribution in [0.1, 0.15) is 29.4 Å². The first kappa shape index (κ1) is 16.1. The first-order valence-corrected chi connectivity index (χ1v) is 7.92. The molecule has 2 N–H and O–H groups in total. The van der Waals surface area contributed by atoms with Crippen LogP contribution in [0.4, 0.5) is 0 Å². The van der Waals surface area contributed by atoms with Crippen molar-refractivity contribution in [3.05, 3.63) is 33.1 Å². The van der Waals surface area contributed by atoms with Gasteiger partial charge in [-0.3, -0.25) is 4.79 Å².